The fourth-order valence-corrected chi connectivity index (χ4v) is 2.11. The van der Waals surface area contributed by atoms with Crippen LogP contribution in [-0.2, 0) is 0 Å². The second kappa shape index (κ2) is 5.48. The molecular formula is C14H16F2N2O. The average molecular weight is 266 g/mol. The van der Waals surface area contributed by atoms with E-state index in [-0.39, 0.29) is 11.1 Å². The van der Waals surface area contributed by atoms with E-state index in [9.17, 15) is 13.6 Å². The predicted octanol–water partition coefficient (Wildman–Crippen LogP) is 2.04. The third-order valence-electron chi connectivity index (χ3n) is 3.08. The van der Waals surface area contributed by atoms with Gasteiger partial charge in [0.2, 0.25) is 0 Å². The Morgan fingerprint density at radius 3 is 2.37 bits per heavy atom. The third kappa shape index (κ3) is 2.81. The van der Waals surface area contributed by atoms with Gasteiger partial charge in [-0.05, 0) is 30.7 Å². The van der Waals surface area contributed by atoms with Crippen LogP contribution in [-0.4, -0.2) is 38.0 Å². The fraction of sp³-hybridized carbons (Fsp3) is 0.357. The Kier molecular flexibility index (Phi) is 3.95. The van der Waals surface area contributed by atoms with E-state index in [0.29, 0.717) is 25.1 Å². The van der Waals surface area contributed by atoms with Gasteiger partial charge in [-0.25, -0.2) is 8.78 Å². The van der Waals surface area contributed by atoms with Gasteiger partial charge in [-0.3, -0.25) is 4.79 Å². The van der Waals surface area contributed by atoms with E-state index < -0.39 is 17.5 Å². The highest BCUT2D eigenvalue weighted by molar-refractivity contribution is 5.94. The molecule has 0 atom stereocenters. The topological polar surface area (TPSA) is 32.3 Å². The van der Waals surface area contributed by atoms with Crippen molar-refractivity contribution < 1.29 is 13.6 Å². The molecule has 0 aliphatic carbocycles. The van der Waals surface area contributed by atoms with Crippen LogP contribution in [0.4, 0.5) is 8.78 Å². The maximum Gasteiger partial charge on any atom is 0.253 e. The molecule has 0 radical (unpaired) electrons. The molecule has 0 saturated heterocycles. The van der Waals surface area contributed by atoms with E-state index in [1.807, 2.05) is 0 Å². The average Bonchev–Trinajstić information content (AvgIpc) is 2.38. The van der Waals surface area contributed by atoms with Crippen LogP contribution in [0, 0.1) is 11.6 Å². The summed E-state index contributed by atoms with van der Waals surface area (Å²) in [5.74, 6) is -1.78. The highest BCUT2D eigenvalue weighted by Crippen LogP contribution is 2.27. The number of carbonyl (C=O) groups is 1. The number of benzene rings is 1. The van der Waals surface area contributed by atoms with Gasteiger partial charge >= 0.3 is 0 Å². The zero-order chi connectivity index (χ0) is 14.0. The molecule has 1 aromatic carbocycles. The van der Waals surface area contributed by atoms with Crippen LogP contribution in [0.25, 0.3) is 5.57 Å². The lowest BCUT2D eigenvalue weighted by molar-refractivity contribution is 0.0826. The predicted molar refractivity (Wildman–Crippen MR) is 69.8 cm³/mol. The molecule has 0 saturated carbocycles. The molecule has 0 bridgehead atoms. The summed E-state index contributed by atoms with van der Waals surface area (Å²) in [4.78, 5) is 13.0. The number of nitrogens with zero attached hydrogens (tertiary/aromatic N) is 1. The van der Waals surface area contributed by atoms with Crippen LogP contribution >= 0.6 is 0 Å². The Bertz CT molecular complexity index is 515. The minimum atomic E-state index is -0.682. The Morgan fingerprint density at radius 2 is 1.89 bits per heavy atom. The van der Waals surface area contributed by atoms with Crippen molar-refractivity contribution in [2.24, 2.45) is 0 Å². The molecule has 1 amide bonds. The molecule has 19 heavy (non-hydrogen) atoms. The van der Waals surface area contributed by atoms with Crippen LogP contribution in [0.1, 0.15) is 22.3 Å². The maximum absolute atomic E-state index is 14.0. The SMILES string of the molecule is CN(C)C(=O)c1cc(F)c(C2=CCNCC2)c(F)c1. The van der Waals surface area contributed by atoms with E-state index in [4.69, 9.17) is 0 Å². The van der Waals surface area contributed by atoms with Crippen LogP contribution in [0.3, 0.4) is 0 Å². The van der Waals surface area contributed by atoms with Gasteiger partial charge in [0.1, 0.15) is 11.6 Å². The molecule has 3 nitrogen and oxygen atoms in total. The molecule has 1 heterocycles. The first-order chi connectivity index (χ1) is 9.00. The minimum Gasteiger partial charge on any atom is -0.345 e. The minimum absolute atomic E-state index is 0.0168. The third-order valence-corrected chi connectivity index (χ3v) is 3.08. The summed E-state index contributed by atoms with van der Waals surface area (Å²) in [6.45, 7) is 1.30. The molecule has 0 aromatic heterocycles. The number of rotatable bonds is 2. The fourth-order valence-electron chi connectivity index (χ4n) is 2.11. The largest absolute Gasteiger partial charge is 0.345 e. The summed E-state index contributed by atoms with van der Waals surface area (Å²) in [7, 11) is 3.09. The molecule has 0 spiro atoms. The van der Waals surface area contributed by atoms with E-state index in [0.717, 1.165) is 12.1 Å². The van der Waals surface area contributed by atoms with E-state index in [2.05, 4.69) is 5.32 Å². The van der Waals surface area contributed by atoms with Crippen molar-refractivity contribution >= 4 is 11.5 Å². The van der Waals surface area contributed by atoms with Gasteiger partial charge in [0.25, 0.3) is 5.91 Å². The number of carbonyl (C=O) groups excluding carboxylic acids is 1. The van der Waals surface area contributed by atoms with Gasteiger partial charge in [-0.2, -0.15) is 0 Å². The van der Waals surface area contributed by atoms with Crippen LogP contribution in [0.2, 0.25) is 0 Å². The lowest BCUT2D eigenvalue weighted by Crippen LogP contribution is -2.23. The molecular weight excluding hydrogens is 250 g/mol. The second-order valence-electron chi connectivity index (χ2n) is 4.70. The van der Waals surface area contributed by atoms with Gasteiger partial charge in [0.15, 0.2) is 0 Å². The summed E-state index contributed by atoms with van der Waals surface area (Å²) in [6.07, 6.45) is 2.35. The van der Waals surface area contributed by atoms with Gasteiger partial charge in [0, 0.05) is 31.8 Å². The van der Waals surface area contributed by atoms with Crippen molar-refractivity contribution in [2.75, 3.05) is 27.2 Å². The number of amides is 1. The van der Waals surface area contributed by atoms with Crippen molar-refractivity contribution in [3.05, 3.63) is 41.0 Å². The summed E-state index contributed by atoms with van der Waals surface area (Å²) in [5, 5.41) is 3.09. The van der Waals surface area contributed by atoms with Gasteiger partial charge in [-0.15, -0.1) is 0 Å². The first kappa shape index (κ1) is 13.7. The lowest BCUT2D eigenvalue weighted by Gasteiger charge is -2.17. The van der Waals surface area contributed by atoms with Gasteiger partial charge < -0.3 is 10.2 Å². The zero-order valence-corrected chi connectivity index (χ0v) is 11.0. The summed E-state index contributed by atoms with van der Waals surface area (Å²) >= 11 is 0. The highest BCUT2D eigenvalue weighted by atomic mass is 19.1. The molecule has 102 valence electrons. The van der Waals surface area contributed by atoms with Gasteiger partial charge in [0.05, 0.1) is 0 Å². The summed E-state index contributed by atoms with van der Waals surface area (Å²) in [6, 6.07) is 2.20. The van der Waals surface area contributed by atoms with E-state index in [1.54, 1.807) is 20.2 Å². The van der Waals surface area contributed by atoms with Crippen LogP contribution < -0.4 is 5.32 Å². The van der Waals surface area contributed by atoms with Crippen molar-refractivity contribution in [3.8, 4) is 0 Å². The Hall–Kier alpha value is -1.75. The molecule has 2 rings (SSSR count). The molecule has 1 N–H and O–H groups in total. The van der Waals surface area contributed by atoms with E-state index in [1.165, 1.54) is 4.90 Å². The number of hydrogen-bond acceptors (Lipinski definition) is 2. The Labute approximate surface area is 110 Å². The highest BCUT2D eigenvalue weighted by Gasteiger charge is 2.19. The Balaban J connectivity index is 2.43. The number of hydrogen-bond donors (Lipinski definition) is 1. The maximum atomic E-state index is 14.0. The standard InChI is InChI=1S/C14H16F2N2O/c1-18(2)14(19)10-7-11(15)13(12(16)8-10)9-3-5-17-6-4-9/h3,7-8,17H,4-6H2,1-2H3. The van der Waals surface area contributed by atoms with Crippen molar-refractivity contribution in [1.82, 2.24) is 10.2 Å². The van der Waals surface area contributed by atoms with Crippen LogP contribution in [0.5, 0.6) is 0 Å². The molecule has 1 aliphatic rings. The van der Waals surface area contributed by atoms with E-state index >= 15 is 0 Å². The normalized spacial score (nSPS) is 15.1. The molecule has 5 heteroatoms. The molecule has 1 aromatic rings. The number of halogens is 2. The quantitative estimate of drug-likeness (QED) is 0.888. The van der Waals surface area contributed by atoms with Crippen molar-refractivity contribution in [2.45, 2.75) is 6.42 Å². The first-order valence-corrected chi connectivity index (χ1v) is 6.11. The lowest BCUT2D eigenvalue weighted by atomic mass is 9.97. The molecule has 0 unspecified atom stereocenters. The van der Waals surface area contributed by atoms with Crippen molar-refractivity contribution in [3.63, 3.8) is 0 Å². The zero-order valence-electron chi connectivity index (χ0n) is 11.0. The molecule has 0 fully saturated rings. The van der Waals surface area contributed by atoms with Gasteiger partial charge in [-0.1, -0.05) is 6.08 Å². The molecule has 1 aliphatic heterocycles. The van der Waals surface area contributed by atoms with Crippen molar-refractivity contribution in [1.29, 1.82) is 0 Å². The monoisotopic (exact) mass is 266 g/mol. The first-order valence-electron chi connectivity index (χ1n) is 6.11. The van der Waals surface area contributed by atoms with Crippen LogP contribution in [0.15, 0.2) is 18.2 Å². The smallest absolute Gasteiger partial charge is 0.253 e. The Morgan fingerprint density at radius 1 is 1.26 bits per heavy atom. The number of nitrogens with one attached hydrogen (secondary N) is 1. The summed E-state index contributed by atoms with van der Waals surface area (Å²) < 4.78 is 28.1. The second-order valence-corrected chi connectivity index (χ2v) is 4.70. The summed E-state index contributed by atoms with van der Waals surface area (Å²) in [5.41, 5.74) is 0.660.